The van der Waals surface area contributed by atoms with Crippen LogP contribution >= 0.6 is 23.5 Å². The molecule has 0 saturated carbocycles. The molecule has 0 atom stereocenters. The number of thioether (sulfide) groups is 2. The van der Waals surface area contributed by atoms with Crippen LogP contribution in [0.4, 0.5) is 0 Å². The van der Waals surface area contributed by atoms with Crippen LogP contribution in [0.5, 0.6) is 5.75 Å². The Labute approximate surface area is 187 Å². The Morgan fingerprint density at radius 3 is 2.07 bits per heavy atom. The Kier molecular flexibility index (Phi) is 9.49. The molecule has 3 heteroatoms. The van der Waals surface area contributed by atoms with Crippen LogP contribution in [-0.4, -0.2) is 9.85 Å². The summed E-state index contributed by atoms with van der Waals surface area (Å²) >= 11 is 3.97. The summed E-state index contributed by atoms with van der Waals surface area (Å²) in [4.78, 5) is 0. The second-order valence-corrected chi connectivity index (χ2v) is 11.3. The van der Waals surface area contributed by atoms with Crippen LogP contribution in [0.3, 0.4) is 0 Å². The van der Waals surface area contributed by atoms with Gasteiger partial charge in [-0.15, -0.1) is 0 Å². The Morgan fingerprint density at radius 2 is 1.45 bits per heavy atom. The zero-order valence-corrected chi connectivity index (χ0v) is 20.7. The summed E-state index contributed by atoms with van der Waals surface area (Å²) in [5, 5.41) is 10.8. The minimum absolute atomic E-state index is 0.275. The molecule has 29 heavy (non-hydrogen) atoms. The van der Waals surface area contributed by atoms with E-state index >= 15 is 0 Å². The predicted molar refractivity (Wildman–Crippen MR) is 133 cm³/mol. The summed E-state index contributed by atoms with van der Waals surface area (Å²) in [6.45, 7) is 13.4. The third kappa shape index (κ3) is 7.00. The average molecular weight is 431 g/mol. The zero-order valence-electron chi connectivity index (χ0n) is 19.1. The first-order valence-corrected chi connectivity index (χ1v) is 13.0. The van der Waals surface area contributed by atoms with Crippen LogP contribution in [0.15, 0.2) is 30.3 Å². The van der Waals surface area contributed by atoms with Gasteiger partial charge in [-0.2, -0.15) is 23.5 Å². The van der Waals surface area contributed by atoms with Crippen molar-refractivity contribution in [3.05, 3.63) is 63.7 Å². The van der Waals surface area contributed by atoms with Crippen molar-refractivity contribution in [3.8, 4) is 5.75 Å². The van der Waals surface area contributed by atoms with Gasteiger partial charge in [-0.25, -0.2) is 0 Å². The minimum Gasteiger partial charge on any atom is -0.507 e. The zero-order chi connectivity index (χ0) is 21.4. The third-order valence-electron chi connectivity index (χ3n) is 5.87. The summed E-state index contributed by atoms with van der Waals surface area (Å²) in [5.74, 6) is 3.41. The quantitative estimate of drug-likeness (QED) is 0.362. The van der Waals surface area contributed by atoms with E-state index in [0.717, 1.165) is 28.4 Å². The summed E-state index contributed by atoms with van der Waals surface area (Å²) in [6, 6.07) is 10.6. The van der Waals surface area contributed by atoms with Gasteiger partial charge in [0.15, 0.2) is 0 Å². The number of rotatable bonds is 11. The van der Waals surface area contributed by atoms with E-state index in [4.69, 9.17) is 0 Å². The van der Waals surface area contributed by atoms with Gasteiger partial charge in [0.05, 0.1) is 0 Å². The Balaban J connectivity index is 2.12. The number of benzene rings is 2. The van der Waals surface area contributed by atoms with E-state index in [0.29, 0.717) is 5.75 Å². The number of unbranched alkanes of at least 4 members (excludes halogenated alkanes) is 2. The van der Waals surface area contributed by atoms with E-state index in [2.05, 4.69) is 71.9 Å². The molecular formula is C26H38OS2. The summed E-state index contributed by atoms with van der Waals surface area (Å²) in [7, 11) is 0. The largest absolute Gasteiger partial charge is 0.507 e. The van der Waals surface area contributed by atoms with Crippen molar-refractivity contribution < 1.29 is 5.11 Å². The highest BCUT2D eigenvalue weighted by atomic mass is 32.2. The molecule has 0 unspecified atom stereocenters. The molecule has 2 aromatic carbocycles. The molecule has 0 heterocycles. The molecule has 0 amide bonds. The Hall–Kier alpha value is -1.06. The monoisotopic (exact) mass is 430 g/mol. The van der Waals surface area contributed by atoms with Gasteiger partial charge in [0.25, 0.3) is 0 Å². The lowest BCUT2D eigenvalue weighted by Gasteiger charge is -2.26. The van der Waals surface area contributed by atoms with Crippen molar-refractivity contribution in [1.82, 2.24) is 0 Å². The van der Waals surface area contributed by atoms with Crippen LogP contribution < -0.4 is 0 Å². The van der Waals surface area contributed by atoms with Gasteiger partial charge in [-0.1, -0.05) is 70.4 Å². The topological polar surface area (TPSA) is 20.2 Å². The fourth-order valence-corrected chi connectivity index (χ4v) is 6.15. The van der Waals surface area contributed by atoms with Gasteiger partial charge >= 0.3 is 0 Å². The molecule has 0 aliphatic heterocycles. The Morgan fingerprint density at radius 1 is 0.828 bits per heavy atom. The molecule has 2 aromatic rings. The van der Waals surface area contributed by atoms with E-state index in [9.17, 15) is 5.11 Å². The van der Waals surface area contributed by atoms with Gasteiger partial charge in [0.2, 0.25) is 0 Å². The first kappa shape index (κ1) is 24.2. The molecule has 1 N–H and O–H groups in total. The number of aromatic hydroxyl groups is 1. The van der Waals surface area contributed by atoms with Crippen molar-refractivity contribution in [2.24, 2.45) is 0 Å². The first-order chi connectivity index (χ1) is 13.8. The first-order valence-electron chi connectivity index (χ1n) is 10.8. The average Bonchev–Trinajstić information content (AvgIpc) is 2.70. The molecule has 0 radical (unpaired) electrons. The third-order valence-corrected chi connectivity index (χ3v) is 8.32. The smallest absolute Gasteiger partial charge is 0.122 e. The van der Waals surface area contributed by atoms with E-state index in [1.165, 1.54) is 47.9 Å². The van der Waals surface area contributed by atoms with Gasteiger partial charge in [0, 0.05) is 22.0 Å². The van der Waals surface area contributed by atoms with Crippen molar-refractivity contribution in [2.45, 2.75) is 89.2 Å². The second-order valence-electron chi connectivity index (χ2n) is 8.66. The second kappa shape index (κ2) is 11.4. The van der Waals surface area contributed by atoms with E-state index in [1.54, 1.807) is 0 Å². The molecule has 0 aromatic heterocycles. The maximum Gasteiger partial charge on any atom is 0.122 e. The molecule has 0 aliphatic rings. The molecule has 0 fully saturated rings. The Bertz CT molecular complexity index is 781. The minimum atomic E-state index is 0.275. The maximum atomic E-state index is 10.8. The van der Waals surface area contributed by atoms with Crippen molar-refractivity contribution in [3.63, 3.8) is 0 Å². The number of hydrogen-bond donors (Lipinski definition) is 1. The molecular weight excluding hydrogens is 392 g/mol. The highest BCUT2D eigenvalue weighted by molar-refractivity contribution is 7.99. The summed E-state index contributed by atoms with van der Waals surface area (Å²) < 4.78 is 0.275. The van der Waals surface area contributed by atoms with Crippen LogP contribution in [0.1, 0.15) is 79.8 Å². The van der Waals surface area contributed by atoms with Crippen molar-refractivity contribution in [1.29, 1.82) is 0 Å². The molecule has 160 valence electrons. The summed E-state index contributed by atoms with van der Waals surface area (Å²) in [5.41, 5.74) is 7.49. The van der Waals surface area contributed by atoms with Gasteiger partial charge in [-0.05, 0) is 60.6 Å². The fraction of sp³-hybridized carbons (Fsp3) is 0.538. The van der Waals surface area contributed by atoms with E-state index in [1.807, 2.05) is 23.5 Å². The lowest BCUT2D eigenvalue weighted by Crippen LogP contribution is -2.15. The highest BCUT2D eigenvalue weighted by Gasteiger charge is 2.22. The van der Waals surface area contributed by atoms with E-state index < -0.39 is 0 Å². The van der Waals surface area contributed by atoms with E-state index in [-0.39, 0.29) is 4.75 Å². The molecule has 0 aliphatic carbocycles. The van der Waals surface area contributed by atoms with Crippen LogP contribution in [0.2, 0.25) is 0 Å². The number of hydrogen-bond acceptors (Lipinski definition) is 3. The number of phenols is 1. The maximum absolute atomic E-state index is 10.8. The fourth-order valence-electron chi connectivity index (χ4n) is 3.73. The summed E-state index contributed by atoms with van der Waals surface area (Å²) in [6.07, 6.45) is 5.14. The van der Waals surface area contributed by atoms with Gasteiger partial charge < -0.3 is 5.11 Å². The highest BCUT2D eigenvalue weighted by Crippen LogP contribution is 2.39. The van der Waals surface area contributed by atoms with Crippen LogP contribution in [0, 0.1) is 20.8 Å². The van der Waals surface area contributed by atoms with Crippen LogP contribution in [0.25, 0.3) is 0 Å². The number of phenolic OH excluding ortho intramolecular Hbond substituents is 1. The van der Waals surface area contributed by atoms with Crippen LogP contribution in [-0.2, 0) is 17.3 Å². The lowest BCUT2D eigenvalue weighted by molar-refractivity contribution is 0.465. The molecule has 0 spiro atoms. The van der Waals surface area contributed by atoms with Gasteiger partial charge in [0.1, 0.15) is 5.75 Å². The molecule has 2 rings (SSSR count). The molecule has 1 nitrogen and oxygen atoms in total. The van der Waals surface area contributed by atoms with Crippen molar-refractivity contribution >= 4 is 23.5 Å². The van der Waals surface area contributed by atoms with Gasteiger partial charge in [-0.3, -0.25) is 0 Å². The van der Waals surface area contributed by atoms with Crippen molar-refractivity contribution in [2.75, 3.05) is 0 Å². The molecule has 0 saturated heterocycles. The SMILES string of the molecule is CCCCCC(C)(C)SCc1c(C)c(O)c(C)c(CSCc2ccccc2)c1C. The lowest BCUT2D eigenvalue weighted by atomic mass is 9.94. The predicted octanol–water partition coefficient (Wildman–Crippen LogP) is 8.34. The standard InChI is InChI=1S/C26H38OS2/c1-7-8-12-15-26(5,6)29-18-24-19(2)23(20(3)25(27)21(24)4)17-28-16-22-13-10-9-11-14-22/h9-11,13-14,27H,7-8,12,15-18H2,1-6H3. The normalized spacial score (nSPS) is 11.8. The molecule has 0 bridgehead atoms.